The molecule has 224 valence electrons. The maximum Gasteiger partial charge on any atom is 0.0330 e. The van der Waals surface area contributed by atoms with Crippen LogP contribution in [0.2, 0.25) is 0 Å². The summed E-state index contributed by atoms with van der Waals surface area (Å²) in [4.78, 5) is 0. The number of rotatable bonds is 4. The Kier molecular flexibility index (Phi) is 7.52. The first-order valence-corrected chi connectivity index (χ1v) is 18.4. The van der Waals surface area contributed by atoms with Gasteiger partial charge in [0.2, 0.25) is 0 Å². The van der Waals surface area contributed by atoms with Crippen LogP contribution in [0.25, 0.3) is 10.8 Å². The van der Waals surface area contributed by atoms with Gasteiger partial charge in [-0.3, -0.25) is 0 Å². The fourth-order valence-electron chi connectivity index (χ4n) is 12.2. The molecule has 1 heterocycles. The molecule has 1 N–H and O–H groups in total. The van der Waals surface area contributed by atoms with E-state index in [-0.39, 0.29) is 0 Å². The summed E-state index contributed by atoms with van der Waals surface area (Å²) in [5.41, 5.74) is 5.13. The van der Waals surface area contributed by atoms with Gasteiger partial charge in [0.15, 0.2) is 0 Å². The molecule has 5 aliphatic carbocycles. The van der Waals surface area contributed by atoms with Crippen molar-refractivity contribution in [2.24, 2.45) is 53.3 Å². The van der Waals surface area contributed by atoms with Crippen LogP contribution < -0.4 is 5.32 Å². The number of fused-ring (bicyclic) bond motifs is 5. The minimum Gasteiger partial charge on any atom is -0.385 e. The van der Waals surface area contributed by atoms with Gasteiger partial charge < -0.3 is 5.32 Å². The van der Waals surface area contributed by atoms with Gasteiger partial charge in [-0.05, 0) is 114 Å². The Hall–Kier alpha value is -2.02. The largest absolute Gasteiger partial charge is 0.385 e. The molecule has 6 aliphatic rings. The highest BCUT2D eigenvalue weighted by Gasteiger charge is 2.56. The fourth-order valence-corrected chi connectivity index (χ4v) is 12.2. The number of benzene rings is 2. The van der Waals surface area contributed by atoms with Crippen LogP contribution >= 0.6 is 0 Å². The van der Waals surface area contributed by atoms with Crippen LogP contribution in [0, 0.1) is 53.3 Å². The predicted octanol–water partition coefficient (Wildman–Crippen LogP) is 10.8. The Labute approximate surface area is 256 Å². The van der Waals surface area contributed by atoms with Crippen molar-refractivity contribution < 1.29 is 0 Å². The zero-order chi connectivity index (χ0) is 28.2. The molecule has 4 fully saturated rings. The highest BCUT2D eigenvalue weighted by atomic mass is 15.0. The van der Waals surface area contributed by atoms with E-state index in [1.807, 2.05) is 0 Å². The molecule has 1 aliphatic heterocycles. The monoisotopic (exact) mass is 561 g/mol. The molecule has 2 aromatic carbocycles. The van der Waals surface area contributed by atoms with Gasteiger partial charge in [-0.1, -0.05) is 113 Å². The SMILES string of the molecule is CCCC1C=CC2=C(NC3CCCCC(C4C5CCCCC5C(c5ccc6ccccc6c5)C5CCCC[C@H]54)C23)C1C. The average molecular weight is 562 g/mol. The second-order valence-electron chi connectivity index (χ2n) is 15.6. The van der Waals surface area contributed by atoms with E-state index in [0.29, 0.717) is 12.0 Å². The number of hydrogen-bond donors (Lipinski definition) is 1. The first-order chi connectivity index (χ1) is 20.7. The van der Waals surface area contributed by atoms with Crippen LogP contribution in [0.4, 0.5) is 0 Å². The lowest BCUT2D eigenvalue weighted by molar-refractivity contribution is -0.0684. The zero-order valence-electron chi connectivity index (χ0n) is 26.4. The molecule has 8 rings (SSSR count). The standard InChI is InChI=1S/C41H55N/c1-3-12-27-23-24-36-40-35(19-10-11-20-37(40)42-41(36)26(27)2)39-33-17-8-6-15-31(33)38(32-16-7-9-18-34(32)39)30-22-21-28-13-4-5-14-29(28)25-30/h4-5,13-14,21-27,31-35,37-40,42H,3,6-12,15-20H2,1-2H3/t26?,27?,31?,32?,33-,34?,35?,37?,38?,39?,40?/m1/s1. The van der Waals surface area contributed by atoms with Crippen molar-refractivity contribution in [1.82, 2.24) is 5.32 Å². The first-order valence-electron chi connectivity index (χ1n) is 18.4. The van der Waals surface area contributed by atoms with E-state index in [1.54, 1.807) is 16.8 Å². The Morgan fingerprint density at radius 1 is 0.690 bits per heavy atom. The molecule has 0 amide bonds. The number of nitrogens with one attached hydrogen (secondary N) is 1. The maximum absolute atomic E-state index is 4.27. The Balaban J connectivity index is 1.19. The summed E-state index contributed by atoms with van der Waals surface area (Å²) in [5.74, 6) is 8.41. The van der Waals surface area contributed by atoms with Crippen LogP contribution in [0.3, 0.4) is 0 Å². The first kappa shape index (κ1) is 27.5. The predicted molar refractivity (Wildman–Crippen MR) is 177 cm³/mol. The van der Waals surface area contributed by atoms with Crippen molar-refractivity contribution in [3.63, 3.8) is 0 Å². The topological polar surface area (TPSA) is 12.0 Å². The highest BCUT2D eigenvalue weighted by molar-refractivity contribution is 5.83. The summed E-state index contributed by atoms with van der Waals surface area (Å²) in [6.45, 7) is 4.90. The summed E-state index contributed by atoms with van der Waals surface area (Å²) in [5, 5.41) is 7.13. The van der Waals surface area contributed by atoms with Crippen molar-refractivity contribution in [2.75, 3.05) is 0 Å². The molecule has 0 bridgehead atoms. The van der Waals surface area contributed by atoms with Gasteiger partial charge in [-0.25, -0.2) is 0 Å². The van der Waals surface area contributed by atoms with E-state index in [1.165, 1.54) is 101 Å². The van der Waals surface area contributed by atoms with E-state index in [2.05, 4.69) is 73.8 Å². The second-order valence-corrected chi connectivity index (χ2v) is 15.6. The minimum atomic E-state index is 0.672. The van der Waals surface area contributed by atoms with Gasteiger partial charge in [0.05, 0.1) is 0 Å². The summed E-state index contributed by atoms with van der Waals surface area (Å²) in [6, 6.07) is 17.4. The zero-order valence-corrected chi connectivity index (χ0v) is 26.4. The number of allylic oxidation sites excluding steroid dienone is 3. The maximum atomic E-state index is 4.27. The van der Waals surface area contributed by atoms with Gasteiger partial charge in [-0.2, -0.15) is 0 Å². The lowest BCUT2D eigenvalue weighted by Crippen LogP contribution is -2.52. The molecule has 1 nitrogen and oxygen atoms in total. The minimum absolute atomic E-state index is 0.672. The van der Waals surface area contributed by atoms with Crippen LogP contribution in [0.1, 0.15) is 115 Å². The van der Waals surface area contributed by atoms with E-state index in [9.17, 15) is 0 Å². The fraction of sp³-hybridized carbons (Fsp3) is 0.659. The summed E-state index contributed by atoms with van der Waals surface area (Å²) >= 11 is 0. The van der Waals surface area contributed by atoms with Crippen LogP contribution in [-0.4, -0.2) is 6.04 Å². The molecule has 1 heteroatoms. The van der Waals surface area contributed by atoms with Crippen LogP contribution in [-0.2, 0) is 0 Å². The summed E-state index contributed by atoms with van der Waals surface area (Å²) in [7, 11) is 0. The average Bonchev–Trinajstić information content (AvgIpc) is 3.28. The molecule has 11 atom stereocenters. The number of hydrogen-bond acceptors (Lipinski definition) is 1. The molecule has 0 aromatic heterocycles. The van der Waals surface area contributed by atoms with E-state index in [0.717, 1.165) is 53.3 Å². The third-order valence-corrected chi connectivity index (χ3v) is 13.8. The van der Waals surface area contributed by atoms with E-state index in [4.69, 9.17) is 0 Å². The second kappa shape index (κ2) is 11.5. The third kappa shape index (κ3) is 4.54. The van der Waals surface area contributed by atoms with Crippen LogP contribution in [0.5, 0.6) is 0 Å². The summed E-state index contributed by atoms with van der Waals surface area (Å²) in [6.07, 6.45) is 25.5. The lowest BCUT2D eigenvalue weighted by atomic mass is 9.46. The van der Waals surface area contributed by atoms with Gasteiger partial charge >= 0.3 is 0 Å². The Morgan fingerprint density at radius 2 is 1.33 bits per heavy atom. The molecule has 0 spiro atoms. The quantitative estimate of drug-likeness (QED) is 0.391. The van der Waals surface area contributed by atoms with Crippen molar-refractivity contribution in [2.45, 2.75) is 116 Å². The van der Waals surface area contributed by atoms with Crippen molar-refractivity contribution in [3.05, 3.63) is 71.5 Å². The molecular formula is C41H55N. The summed E-state index contributed by atoms with van der Waals surface area (Å²) < 4.78 is 0. The van der Waals surface area contributed by atoms with Crippen LogP contribution in [0.15, 0.2) is 65.9 Å². The van der Waals surface area contributed by atoms with Gasteiger partial charge in [0.25, 0.3) is 0 Å². The molecule has 0 saturated heterocycles. The van der Waals surface area contributed by atoms with Crippen molar-refractivity contribution in [1.29, 1.82) is 0 Å². The molecule has 0 radical (unpaired) electrons. The molecule has 10 unspecified atom stereocenters. The smallest absolute Gasteiger partial charge is 0.0330 e. The molecular weight excluding hydrogens is 506 g/mol. The lowest BCUT2D eigenvalue weighted by Gasteiger charge is -2.59. The molecule has 42 heavy (non-hydrogen) atoms. The Bertz CT molecular complexity index is 1310. The van der Waals surface area contributed by atoms with Gasteiger partial charge in [0, 0.05) is 23.6 Å². The van der Waals surface area contributed by atoms with Gasteiger partial charge in [0.1, 0.15) is 0 Å². The van der Waals surface area contributed by atoms with Crippen molar-refractivity contribution >= 4 is 10.8 Å². The van der Waals surface area contributed by atoms with E-state index >= 15 is 0 Å². The normalized spacial score (nSPS) is 41.3. The van der Waals surface area contributed by atoms with Gasteiger partial charge in [-0.15, -0.1) is 0 Å². The third-order valence-electron chi connectivity index (χ3n) is 13.8. The van der Waals surface area contributed by atoms with E-state index < -0.39 is 0 Å². The molecule has 2 aromatic rings. The highest BCUT2D eigenvalue weighted by Crippen LogP contribution is 2.63. The van der Waals surface area contributed by atoms with Crippen molar-refractivity contribution in [3.8, 4) is 0 Å². The molecule has 4 saturated carbocycles. The Morgan fingerprint density at radius 3 is 2.05 bits per heavy atom.